The third-order valence-corrected chi connectivity index (χ3v) is 8.09. The van der Waals surface area contributed by atoms with Crippen molar-refractivity contribution in [3.05, 3.63) is 34.1 Å². The molecule has 0 aliphatic carbocycles. The van der Waals surface area contributed by atoms with Crippen LogP contribution in [0.25, 0.3) is 0 Å². The molecule has 1 aromatic carbocycles. The van der Waals surface area contributed by atoms with Crippen LogP contribution in [0.4, 0.5) is 4.39 Å². The Labute approximate surface area is 144 Å². The minimum atomic E-state index is -0.191. The molecule has 4 atom stereocenters. The number of halogens is 2. The van der Waals surface area contributed by atoms with E-state index in [4.69, 9.17) is 0 Å². The van der Waals surface area contributed by atoms with Crippen LogP contribution < -0.4 is 5.32 Å². The van der Waals surface area contributed by atoms with Gasteiger partial charge in [-0.1, -0.05) is 26.8 Å². The fraction of sp³-hybridized carbons (Fsp3) is 0.625. The van der Waals surface area contributed by atoms with Crippen LogP contribution in [0.1, 0.15) is 26.3 Å². The monoisotopic (exact) mass is 391 g/mol. The zero-order valence-electron chi connectivity index (χ0n) is 12.7. The predicted octanol–water partition coefficient (Wildman–Crippen LogP) is 4.73. The number of hydrogen-bond donors (Lipinski definition) is 1. The summed E-state index contributed by atoms with van der Waals surface area (Å²) in [6.45, 7) is 7.77. The third-order valence-electron chi connectivity index (χ3n) is 3.93. The van der Waals surface area contributed by atoms with Crippen LogP contribution in [-0.2, 0) is 6.42 Å². The molecule has 0 spiro atoms. The van der Waals surface area contributed by atoms with Crippen LogP contribution in [-0.4, -0.2) is 34.1 Å². The second-order valence-corrected chi connectivity index (χ2v) is 9.42. The first kappa shape index (κ1) is 17.6. The molecular weight excluding hydrogens is 369 g/mol. The van der Waals surface area contributed by atoms with Crippen molar-refractivity contribution >= 4 is 39.5 Å². The topological polar surface area (TPSA) is 12.0 Å². The lowest BCUT2D eigenvalue weighted by atomic mass is 10.0. The number of likely N-dealkylation sites (N-methyl/N-ethyl adjacent to an activating group) is 1. The largest absolute Gasteiger partial charge is 0.313 e. The molecule has 1 heterocycles. The highest BCUT2D eigenvalue weighted by atomic mass is 79.9. The molecule has 1 aliphatic heterocycles. The molecule has 0 saturated carbocycles. The zero-order valence-corrected chi connectivity index (χ0v) is 16.0. The molecule has 118 valence electrons. The van der Waals surface area contributed by atoms with Crippen molar-refractivity contribution in [2.45, 2.75) is 49.0 Å². The fourth-order valence-corrected chi connectivity index (χ4v) is 6.09. The standard InChI is InChI=1S/C16H23BrFNS2/c1-4-19-15(16-9-20-10(2)11(3)21-16)8-12-5-6-14(18)13(17)7-12/h5-7,10-11,15-16,19H,4,8-9H2,1-3H3. The van der Waals surface area contributed by atoms with Gasteiger partial charge in [-0.05, 0) is 46.6 Å². The quantitative estimate of drug-likeness (QED) is 0.778. The number of thioether (sulfide) groups is 2. The van der Waals surface area contributed by atoms with E-state index in [9.17, 15) is 4.39 Å². The highest BCUT2D eigenvalue weighted by Crippen LogP contribution is 2.37. The summed E-state index contributed by atoms with van der Waals surface area (Å²) in [5.74, 6) is 1.000. The number of rotatable bonds is 5. The summed E-state index contributed by atoms with van der Waals surface area (Å²) in [5.41, 5.74) is 1.19. The van der Waals surface area contributed by atoms with Crippen molar-refractivity contribution in [1.29, 1.82) is 0 Å². The van der Waals surface area contributed by atoms with E-state index < -0.39 is 0 Å². The normalized spacial score (nSPS) is 27.6. The van der Waals surface area contributed by atoms with Gasteiger partial charge in [0.2, 0.25) is 0 Å². The molecule has 0 bridgehead atoms. The molecule has 1 fully saturated rings. The number of hydrogen-bond acceptors (Lipinski definition) is 3. The van der Waals surface area contributed by atoms with E-state index in [2.05, 4.69) is 65.5 Å². The highest BCUT2D eigenvalue weighted by Gasteiger charge is 2.31. The summed E-state index contributed by atoms with van der Waals surface area (Å²) in [5, 5.41) is 5.66. The van der Waals surface area contributed by atoms with Crippen LogP contribution in [0, 0.1) is 5.82 Å². The van der Waals surface area contributed by atoms with Crippen molar-refractivity contribution in [2.24, 2.45) is 0 Å². The van der Waals surface area contributed by atoms with Crippen LogP contribution in [0.15, 0.2) is 22.7 Å². The maximum absolute atomic E-state index is 13.4. The molecule has 1 saturated heterocycles. The van der Waals surface area contributed by atoms with Crippen molar-refractivity contribution in [3.63, 3.8) is 0 Å². The van der Waals surface area contributed by atoms with Gasteiger partial charge in [0.15, 0.2) is 0 Å². The average molecular weight is 392 g/mol. The van der Waals surface area contributed by atoms with E-state index in [-0.39, 0.29) is 5.82 Å². The predicted molar refractivity (Wildman–Crippen MR) is 98.0 cm³/mol. The van der Waals surface area contributed by atoms with Crippen LogP contribution >= 0.6 is 39.5 Å². The number of nitrogens with one attached hydrogen (secondary N) is 1. The minimum Gasteiger partial charge on any atom is -0.313 e. The van der Waals surface area contributed by atoms with Crippen LogP contribution in [0.2, 0.25) is 0 Å². The molecule has 0 radical (unpaired) electrons. The van der Waals surface area contributed by atoms with Crippen molar-refractivity contribution < 1.29 is 4.39 Å². The van der Waals surface area contributed by atoms with Gasteiger partial charge < -0.3 is 5.32 Å². The third kappa shape index (κ3) is 4.88. The molecule has 0 amide bonds. The van der Waals surface area contributed by atoms with Crippen LogP contribution in [0.3, 0.4) is 0 Å². The molecule has 1 N–H and O–H groups in total. The van der Waals surface area contributed by atoms with Crippen molar-refractivity contribution in [1.82, 2.24) is 5.32 Å². The van der Waals surface area contributed by atoms with Gasteiger partial charge in [-0.2, -0.15) is 23.5 Å². The fourth-order valence-electron chi connectivity index (χ4n) is 2.54. The molecule has 1 aromatic rings. The average Bonchev–Trinajstić information content (AvgIpc) is 2.45. The van der Waals surface area contributed by atoms with Crippen molar-refractivity contribution in [2.75, 3.05) is 12.3 Å². The van der Waals surface area contributed by atoms with Gasteiger partial charge in [-0.15, -0.1) is 0 Å². The lowest BCUT2D eigenvalue weighted by Gasteiger charge is -2.36. The van der Waals surface area contributed by atoms with Crippen molar-refractivity contribution in [3.8, 4) is 0 Å². The van der Waals surface area contributed by atoms with E-state index in [0.29, 0.717) is 21.0 Å². The molecule has 21 heavy (non-hydrogen) atoms. The highest BCUT2D eigenvalue weighted by molar-refractivity contribution is 9.10. The van der Waals surface area contributed by atoms with E-state index in [1.807, 2.05) is 12.1 Å². The molecule has 4 unspecified atom stereocenters. The smallest absolute Gasteiger partial charge is 0.137 e. The zero-order chi connectivity index (χ0) is 15.4. The summed E-state index contributed by atoms with van der Waals surface area (Å²) >= 11 is 7.46. The van der Waals surface area contributed by atoms with Gasteiger partial charge >= 0.3 is 0 Å². The molecular formula is C16H23BrFNS2. The first-order valence-corrected chi connectivity index (χ1v) is 10.2. The van der Waals surface area contributed by atoms with Gasteiger partial charge in [0.05, 0.1) is 4.47 Å². The SMILES string of the molecule is CCNC(Cc1ccc(F)c(Br)c1)C1CSC(C)C(C)S1. The van der Waals surface area contributed by atoms with E-state index in [1.54, 1.807) is 6.07 Å². The van der Waals surface area contributed by atoms with E-state index in [1.165, 1.54) is 11.3 Å². The van der Waals surface area contributed by atoms with Gasteiger partial charge in [0.25, 0.3) is 0 Å². The first-order valence-electron chi connectivity index (χ1n) is 7.45. The minimum absolute atomic E-state index is 0.191. The summed E-state index contributed by atoms with van der Waals surface area (Å²) in [7, 11) is 0. The van der Waals surface area contributed by atoms with E-state index in [0.717, 1.165) is 18.2 Å². The summed E-state index contributed by atoms with van der Waals surface area (Å²) < 4.78 is 13.9. The maximum atomic E-state index is 13.4. The first-order chi connectivity index (χ1) is 10.0. The van der Waals surface area contributed by atoms with Gasteiger partial charge in [0.1, 0.15) is 5.82 Å². The Morgan fingerprint density at radius 2 is 2.14 bits per heavy atom. The van der Waals surface area contributed by atoms with Gasteiger partial charge in [-0.3, -0.25) is 0 Å². The lowest BCUT2D eigenvalue weighted by molar-refractivity contribution is 0.519. The Hall–Kier alpha value is 0.290. The molecule has 1 aliphatic rings. The van der Waals surface area contributed by atoms with Crippen LogP contribution in [0.5, 0.6) is 0 Å². The second kappa shape index (κ2) is 8.23. The molecule has 0 aromatic heterocycles. The Morgan fingerprint density at radius 1 is 1.38 bits per heavy atom. The Kier molecular flexibility index (Phi) is 6.91. The summed E-state index contributed by atoms with van der Waals surface area (Å²) in [6, 6.07) is 5.80. The molecule has 1 nitrogen and oxygen atoms in total. The second-order valence-electron chi connectivity index (χ2n) is 5.53. The molecule has 2 rings (SSSR count). The Bertz CT molecular complexity index is 472. The van der Waals surface area contributed by atoms with E-state index >= 15 is 0 Å². The summed E-state index contributed by atoms with van der Waals surface area (Å²) in [6.07, 6.45) is 0.950. The Balaban J connectivity index is 2.06. The number of benzene rings is 1. The molecule has 5 heteroatoms. The lowest BCUT2D eigenvalue weighted by Crippen LogP contribution is -2.44. The van der Waals surface area contributed by atoms with Gasteiger partial charge in [0, 0.05) is 27.5 Å². The Morgan fingerprint density at radius 3 is 2.76 bits per heavy atom. The maximum Gasteiger partial charge on any atom is 0.137 e. The van der Waals surface area contributed by atoms with Gasteiger partial charge in [-0.25, -0.2) is 4.39 Å². The summed E-state index contributed by atoms with van der Waals surface area (Å²) in [4.78, 5) is 0.